The monoisotopic (exact) mass is 252 g/mol. The number of aromatic hydroxyl groups is 1. The van der Waals surface area contributed by atoms with Crippen molar-refractivity contribution in [1.29, 1.82) is 5.26 Å². The first-order chi connectivity index (χ1) is 9.10. The van der Waals surface area contributed by atoms with Crippen LogP contribution in [0.2, 0.25) is 0 Å². The molecule has 19 heavy (non-hydrogen) atoms. The average Bonchev–Trinajstić information content (AvgIpc) is 2.43. The SMILES string of the molecule is Cc1ccc(NC(=O)c2cccc(C#N)c2)cc1O. The highest BCUT2D eigenvalue weighted by Crippen LogP contribution is 2.21. The maximum Gasteiger partial charge on any atom is 0.255 e. The number of benzene rings is 2. The number of nitrogens with zero attached hydrogens (tertiary/aromatic N) is 1. The van der Waals surface area contributed by atoms with E-state index in [1.54, 1.807) is 37.3 Å². The van der Waals surface area contributed by atoms with Crippen LogP contribution in [0, 0.1) is 18.3 Å². The number of hydrogen-bond donors (Lipinski definition) is 2. The molecule has 4 nitrogen and oxygen atoms in total. The van der Waals surface area contributed by atoms with Crippen LogP contribution in [0.5, 0.6) is 5.75 Å². The Bertz CT molecular complexity index is 672. The number of aryl methyl sites for hydroxylation is 1. The zero-order valence-electron chi connectivity index (χ0n) is 10.3. The first kappa shape index (κ1) is 12.7. The molecule has 0 saturated carbocycles. The van der Waals surface area contributed by atoms with Gasteiger partial charge in [0, 0.05) is 17.3 Å². The molecule has 0 fully saturated rings. The van der Waals surface area contributed by atoms with Crippen LogP contribution in [0.1, 0.15) is 21.5 Å². The fourth-order valence-corrected chi connectivity index (χ4v) is 1.62. The van der Waals surface area contributed by atoms with Gasteiger partial charge in [0.15, 0.2) is 0 Å². The van der Waals surface area contributed by atoms with Gasteiger partial charge in [0.25, 0.3) is 5.91 Å². The van der Waals surface area contributed by atoms with Gasteiger partial charge in [0.2, 0.25) is 0 Å². The first-order valence-corrected chi connectivity index (χ1v) is 5.71. The number of carbonyl (C=O) groups is 1. The zero-order chi connectivity index (χ0) is 13.8. The van der Waals surface area contributed by atoms with Crippen molar-refractivity contribution in [3.05, 3.63) is 59.2 Å². The van der Waals surface area contributed by atoms with Crippen molar-refractivity contribution >= 4 is 11.6 Å². The molecule has 94 valence electrons. The van der Waals surface area contributed by atoms with Crippen molar-refractivity contribution in [3.8, 4) is 11.8 Å². The third kappa shape index (κ3) is 2.90. The van der Waals surface area contributed by atoms with E-state index in [4.69, 9.17) is 5.26 Å². The van der Waals surface area contributed by atoms with Gasteiger partial charge in [-0.2, -0.15) is 5.26 Å². The van der Waals surface area contributed by atoms with Gasteiger partial charge < -0.3 is 10.4 Å². The Labute approximate surface area is 110 Å². The number of phenols is 1. The molecule has 0 atom stereocenters. The summed E-state index contributed by atoms with van der Waals surface area (Å²) in [5.74, 6) is -0.191. The maximum absolute atomic E-state index is 12.0. The van der Waals surface area contributed by atoms with Crippen LogP contribution >= 0.6 is 0 Å². The van der Waals surface area contributed by atoms with Gasteiger partial charge >= 0.3 is 0 Å². The van der Waals surface area contributed by atoms with Crippen LogP contribution < -0.4 is 5.32 Å². The molecular weight excluding hydrogens is 240 g/mol. The van der Waals surface area contributed by atoms with Crippen molar-refractivity contribution < 1.29 is 9.90 Å². The predicted molar refractivity (Wildman–Crippen MR) is 72.0 cm³/mol. The number of carbonyl (C=O) groups excluding carboxylic acids is 1. The molecular formula is C15H12N2O2. The van der Waals surface area contributed by atoms with Crippen LogP contribution in [0.4, 0.5) is 5.69 Å². The molecule has 0 aliphatic heterocycles. The standard InChI is InChI=1S/C15H12N2O2/c1-10-5-6-13(8-14(10)18)17-15(19)12-4-2-3-11(7-12)9-16/h2-8,18H,1H3,(H,17,19). The summed E-state index contributed by atoms with van der Waals surface area (Å²) in [7, 11) is 0. The van der Waals surface area contributed by atoms with Crippen LogP contribution in [-0.2, 0) is 0 Å². The van der Waals surface area contributed by atoms with E-state index in [-0.39, 0.29) is 11.7 Å². The third-order valence-electron chi connectivity index (χ3n) is 2.72. The molecule has 0 unspecified atom stereocenters. The number of nitrogens with one attached hydrogen (secondary N) is 1. The van der Waals surface area contributed by atoms with E-state index < -0.39 is 0 Å². The van der Waals surface area contributed by atoms with Gasteiger partial charge in [-0.25, -0.2) is 0 Å². The van der Waals surface area contributed by atoms with Gasteiger partial charge in [-0.3, -0.25) is 4.79 Å². The Morgan fingerprint density at radius 1 is 1.26 bits per heavy atom. The molecule has 0 bridgehead atoms. The Morgan fingerprint density at radius 2 is 2.05 bits per heavy atom. The Balaban J connectivity index is 2.21. The number of hydrogen-bond acceptors (Lipinski definition) is 3. The summed E-state index contributed by atoms with van der Waals surface area (Å²) < 4.78 is 0. The van der Waals surface area contributed by atoms with Crippen LogP contribution in [-0.4, -0.2) is 11.0 Å². The average molecular weight is 252 g/mol. The van der Waals surface area contributed by atoms with E-state index in [0.29, 0.717) is 16.8 Å². The number of phenolic OH excluding ortho intramolecular Hbond substituents is 1. The van der Waals surface area contributed by atoms with Crippen molar-refractivity contribution in [2.45, 2.75) is 6.92 Å². The molecule has 2 aromatic carbocycles. The topological polar surface area (TPSA) is 73.1 Å². The Morgan fingerprint density at radius 3 is 2.74 bits per heavy atom. The summed E-state index contributed by atoms with van der Waals surface area (Å²) in [6.07, 6.45) is 0. The van der Waals surface area contributed by atoms with Gasteiger partial charge in [-0.15, -0.1) is 0 Å². The zero-order valence-corrected chi connectivity index (χ0v) is 10.3. The minimum Gasteiger partial charge on any atom is -0.508 e. The normalized spacial score (nSPS) is 9.68. The molecule has 2 aromatic rings. The summed E-state index contributed by atoms with van der Waals surface area (Å²) in [6.45, 7) is 1.78. The third-order valence-corrected chi connectivity index (χ3v) is 2.72. The summed E-state index contributed by atoms with van der Waals surface area (Å²) >= 11 is 0. The van der Waals surface area contributed by atoms with Gasteiger partial charge in [-0.05, 0) is 36.8 Å². The van der Waals surface area contributed by atoms with Gasteiger partial charge in [0.1, 0.15) is 5.75 Å². The lowest BCUT2D eigenvalue weighted by atomic mass is 10.1. The van der Waals surface area contributed by atoms with Crippen LogP contribution in [0.15, 0.2) is 42.5 Å². The highest BCUT2D eigenvalue weighted by Gasteiger charge is 2.07. The number of anilines is 1. The van der Waals surface area contributed by atoms with E-state index in [1.165, 1.54) is 12.1 Å². The molecule has 0 heterocycles. The summed E-state index contributed by atoms with van der Waals surface area (Å²) in [6, 6.07) is 13.3. The smallest absolute Gasteiger partial charge is 0.255 e. The second kappa shape index (κ2) is 5.23. The first-order valence-electron chi connectivity index (χ1n) is 5.71. The van der Waals surface area contributed by atoms with E-state index in [2.05, 4.69) is 5.32 Å². The molecule has 0 aliphatic rings. The molecule has 0 saturated heterocycles. The highest BCUT2D eigenvalue weighted by atomic mass is 16.3. The van der Waals surface area contributed by atoms with E-state index in [0.717, 1.165) is 5.56 Å². The van der Waals surface area contributed by atoms with Crippen molar-refractivity contribution in [2.24, 2.45) is 0 Å². The summed E-state index contributed by atoms with van der Waals surface area (Å²) in [4.78, 5) is 12.0. The summed E-state index contributed by atoms with van der Waals surface area (Å²) in [5.41, 5.74) is 2.08. The van der Waals surface area contributed by atoms with Gasteiger partial charge in [0.05, 0.1) is 11.6 Å². The van der Waals surface area contributed by atoms with E-state index in [9.17, 15) is 9.90 Å². The fourth-order valence-electron chi connectivity index (χ4n) is 1.62. The Kier molecular flexibility index (Phi) is 3.48. The predicted octanol–water partition coefficient (Wildman–Crippen LogP) is 2.82. The lowest BCUT2D eigenvalue weighted by Gasteiger charge is -2.07. The maximum atomic E-state index is 12.0. The lowest BCUT2D eigenvalue weighted by Crippen LogP contribution is -2.11. The molecule has 0 aromatic heterocycles. The molecule has 0 radical (unpaired) electrons. The number of nitriles is 1. The lowest BCUT2D eigenvalue weighted by molar-refractivity contribution is 0.102. The van der Waals surface area contributed by atoms with E-state index >= 15 is 0 Å². The molecule has 4 heteroatoms. The molecule has 2 N–H and O–H groups in total. The van der Waals surface area contributed by atoms with Crippen molar-refractivity contribution in [1.82, 2.24) is 0 Å². The molecule has 1 amide bonds. The molecule has 0 spiro atoms. The second-order valence-corrected chi connectivity index (χ2v) is 4.15. The Hall–Kier alpha value is -2.80. The minimum atomic E-state index is -0.319. The highest BCUT2D eigenvalue weighted by molar-refractivity contribution is 6.04. The number of rotatable bonds is 2. The molecule has 0 aliphatic carbocycles. The largest absolute Gasteiger partial charge is 0.508 e. The van der Waals surface area contributed by atoms with Gasteiger partial charge in [-0.1, -0.05) is 12.1 Å². The quantitative estimate of drug-likeness (QED) is 0.863. The summed E-state index contributed by atoms with van der Waals surface area (Å²) in [5, 5.41) is 21.0. The minimum absolute atomic E-state index is 0.128. The van der Waals surface area contributed by atoms with E-state index in [1.807, 2.05) is 6.07 Å². The fraction of sp³-hybridized carbons (Fsp3) is 0.0667. The van der Waals surface area contributed by atoms with Crippen molar-refractivity contribution in [3.63, 3.8) is 0 Å². The van der Waals surface area contributed by atoms with Crippen LogP contribution in [0.3, 0.4) is 0 Å². The second-order valence-electron chi connectivity index (χ2n) is 4.15. The van der Waals surface area contributed by atoms with Crippen molar-refractivity contribution in [2.75, 3.05) is 5.32 Å². The molecule has 2 rings (SSSR count). The number of amides is 1. The van der Waals surface area contributed by atoms with Crippen LogP contribution in [0.25, 0.3) is 0 Å².